The number of hydrogen-bond acceptors (Lipinski definition) is 2. The summed E-state index contributed by atoms with van der Waals surface area (Å²) in [4.78, 5) is 9.94. The van der Waals surface area contributed by atoms with E-state index in [0.717, 1.165) is 12.1 Å². The molecule has 1 rings (SSSR count). The third kappa shape index (κ3) is 2.18. The van der Waals surface area contributed by atoms with Crippen LogP contribution in [0.3, 0.4) is 0 Å². The molecule has 0 aliphatic rings. The van der Waals surface area contributed by atoms with Crippen molar-refractivity contribution >= 4 is 17.3 Å². The van der Waals surface area contributed by atoms with Crippen molar-refractivity contribution < 1.29 is 13.2 Å². The topological polar surface area (TPSA) is 29.4 Å². The summed E-state index contributed by atoms with van der Waals surface area (Å²) in [6.45, 7) is 0. The number of alkyl halides is 3. The van der Waals surface area contributed by atoms with Crippen LogP contribution in [0.15, 0.2) is 23.4 Å². The van der Waals surface area contributed by atoms with Gasteiger partial charge in [-0.05, 0) is 23.4 Å². The average molecular weight is 210 g/mol. The lowest BCUT2D eigenvalue weighted by Crippen LogP contribution is -2.05. The van der Waals surface area contributed by atoms with E-state index in [1.807, 2.05) is 0 Å². The van der Waals surface area contributed by atoms with E-state index in [4.69, 9.17) is 11.6 Å². The summed E-state index contributed by atoms with van der Waals surface area (Å²) in [5.74, 6) is 0. The van der Waals surface area contributed by atoms with Crippen LogP contribution in [0.2, 0.25) is 5.02 Å². The molecule has 1 aromatic rings. The molecular weight excluding hydrogens is 207 g/mol. The first-order valence-electron chi connectivity index (χ1n) is 3.15. The number of nitrogens with zero attached hydrogens (tertiary/aromatic N) is 1. The lowest BCUT2D eigenvalue weighted by atomic mass is 10.2. The third-order valence-corrected chi connectivity index (χ3v) is 1.69. The summed E-state index contributed by atoms with van der Waals surface area (Å²) in [6.07, 6.45) is -4.56. The number of rotatable bonds is 1. The molecular formula is C7H3ClF3NO. The van der Waals surface area contributed by atoms with Crippen molar-refractivity contribution in [3.05, 3.63) is 33.7 Å². The summed E-state index contributed by atoms with van der Waals surface area (Å²) in [5.41, 5.74) is -1.34. The van der Waals surface area contributed by atoms with E-state index in [9.17, 15) is 18.1 Å². The number of nitroso groups, excluding NO2 is 1. The molecule has 0 bridgehead atoms. The number of benzene rings is 1. The molecule has 0 fully saturated rings. The largest absolute Gasteiger partial charge is 0.417 e. The minimum Gasteiger partial charge on any atom is -0.166 e. The minimum absolute atomic E-state index is 0.295. The third-order valence-electron chi connectivity index (χ3n) is 1.36. The van der Waals surface area contributed by atoms with Crippen LogP contribution < -0.4 is 0 Å². The highest BCUT2D eigenvalue weighted by Crippen LogP contribution is 2.36. The predicted molar refractivity (Wildman–Crippen MR) is 41.9 cm³/mol. The lowest BCUT2D eigenvalue weighted by molar-refractivity contribution is -0.137. The second-order valence-electron chi connectivity index (χ2n) is 2.25. The van der Waals surface area contributed by atoms with Crippen molar-refractivity contribution in [1.29, 1.82) is 0 Å². The molecule has 0 aliphatic carbocycles. The van der Waals surface area contributed by atoms with Gasteiger partial charge in [0.15, 0.2) is 0 Å². The molecule has 0 N–H and O–H groups in total. The predicted octanol–water partition coefficient (Wildman–Crippen LogP) is 3.76. The Balaban J connectivity index is 3.27. The number of halogens is 4. The molecule has 2 nitrogen and oxygen atoms in total. The molecule has 0 saturated heterocycles. The Morgan fingerprint density at radius 3 is 2.38 bits per heavy atom. The minimum atomic E-state index is -4.56. The van der Waals surface area contributed by atoms with Crippen molar-refractivity contribution in [3.63, 3.8) is 0 Å². The van der Waals surface area contributed by atoms with Crippen LogP contribution in [0.25, 0.3) is 0 Å². The average Bonchev–Trinajstić information content (AvgIpc) is 2.03. The normalized spacial score (nSPS) is 11.4. The van der Waals surface area contributed by atoms with Crippen molar-refractivity contribution in [2.75, 3.05) is 0 Å². The Bertz CT molecular complexity index is 337. The maximum atomic E-state index is 12.1. The summed E-state index contributed by atoms with van der Waals surface area (Å²) >= 11 is 5.27. The van der Waals surface area contributed by atoms with Gasteiger partial charge >= 0.3 is 6.18 Å². The Morgan fingerprint density at radius 2 is 1.92 bits per heavy atom. The maximum absolute atomic E-state index is 12.1. The Morgan fingerprint density at radius 1 is 1.31 bits per heavy atom. The molecule has 0 radical (unpaired) electrons. The highest BCUT2D eigenvalue weighted by Gasteiger charge is 2.33. The summed E-state index contributed by atoms with van der Waals surface area (Å²) in [7, 11) is 0. The molecule has 0 unspecified atom stereocenters. The Kier molecular flexibility index (Phi) is 2.56. The molecule has 13 heavy (non-hydrogen) atoms. The molecule has 0 aliphatic heterocycles. The first-order chi connectivity index (χ1) is 5.95. The van der Waals surface area contributed by atoms with Crippen molar-refractivity contribution in [3.8, 4) is 0 Å². The quantitative estimate of drug-likeness (QED) is 0.648. The molecule has 0 saturated carbocycles. The smallest absolute Gasteiger partial charge is 0.166 e. The summed E-state index contributed by atoms with van der Waals surface area (Å²) in [6, 6.07) is 2.71. The van der Waals surface area contributed by atoms with E-state index in [-0.39, 0.29) is 5.69 Å². The fourth-order valence-corrected chi connectivity index (χ4v) is 1.01. The van der Waals surface area contributed by atoms with Gasteiger partial charge in [0.25, 0.3) is 0 Å². The second-order valence-corrected chi connectivity index (χ2v) is 2.66. The van der Waals surface area contributed by atoms with E-state index in [1.54, 1.807) is 0 Å². The summed E-state index contributed by atoms with van der Waals surface area (Å²) in [5, 5.41) is 1.93. The van der Waals surface area contributed by atoms with Gasteiger partial charge in [-0.2, -0.15) is 13.2 Å². The Labute approximate surface area is 76.3 Å². The fraction of sp³-hybridized carbons (Fsp3) is 0.143. The zero-order valence-electron chi connectivity index (χ0n) is 6.10. The van der Waals surface area contributed by atoms with Crippen LogP contribution >= 0.6 is 11.6 Å². The molecule has 6 heteroatoms. The van der Waals surface area contributed by atoms with Gasteiger partial charge in [0.05, 0.1) is 10.6 Å². The molecule has 70 valence electrons. The van der Waals surface area contributed by atoms with E-state index < -0.39 is 16.8 Å². The van der Waals surface area contributed by atoms with Crippen LogP contribution in [0, 0.1) is 4.91 Å². The number of hydrogen-bond donors (Lipinski definition) is 0. The lowest BCUT2D eigenvalue weighted by Gasteiger charge is -2.07. The van der Waals surface area contributed by atoms with Gasteiger partial charge in [0.2, 0.25) is 0 Å². The Hall–Kier alpha value is -1.10. The molecule has 0 heterocycles. The second kappa shape index (κ2) is 3.33. The highest BCUT2D eigenvalue weighted by molar-refractivity contribution is 6.31. The van der Waals surface area contributed by atoms with E-state index in [1.165, 1.54) is 0 Å². The van der Waals surface area contributed by atoms with Gasteiger partial charge in [-0.25, -0.2) is 0 Å². The van der Waals surface area contributed by atoms with Crippen molar-refractivity contribution in [1.82, 2.24) is 0 Å². The van der Waals surface area contributed by atoms with Gasteiger partial charge < -0.3 is 0 Å². The van der Waals surface area contributed by atoms with Crippen molar-refractivity contribution in [2.24, 2.45) is 5.18 Å². The zero-order chi connectivity index (χ0) is 10.1. The van der Waals surface area contributed by atoms with Crippen LogP contribution in [0.4, 0.5) is 18.9 Å². The van der Waals surface area contributed by atoms with Gasteiger partial charge in [-0.15, -0.1) is 4.91 Å². The van der Waals surface area contributed by atoms with Crippen LogP contribution in [0.1, 0.15) is 5.56 Å². The zero-order valence-corrected chi connectivity index (χ0v) is 6.86. The van der Waals surface area contributed by atoms with Crippen LogP contribution in [-0.2, 0) is 6.18 Å². The summed E-state index contributed by atoms with van der Waals surface area (Å²) < 4.78 is 36.4. The molecule has 0 atom stereocenters. The monoisotopic (exact) mass is 209 g/mol. The standard InChI is InChI=1S/C7H3ClF3NO/c8-6-2-1-4(12-13)3-5(6)7(9,10)11/h1-3H. The van der Waals surface area contributed by atoms with E-state index in [0.29, 0.717) is 6.07 Å². The molecule has 0 aromatic heterocycles. The first kappa shape index (κ1) is 9.98. The van der Waals surface area contributed by atoms with E-state index in [2.05, 4.69) is 5.18 Å². The van der Waals surface area contributed by atoms with Gasteiger partial charge in [-0.3, -0.25) is 0 Å². The fourth-order valence-electron chi connectivity index (χ4n) is 0.787. The first-order valence-corrected chi connectivity index (χ1v) is 3.53. The van der Waals surface area contributed by atoms with Gasteiger partial charge in [0.1, 0.15) is 5.69 Å². The van der Waals surface area contributed by atoms with Crippen LogP contribution in [-0.4, -0.2) is 0 Å². The molecule has 0 spiro atoms. The van der Waals surface area contributed by atoms with Crippen molar-refractivity contribution in [2.45, 2.75) is 6.18 Å². The molecule has 1 aromatic carbocycles. The maximum Gasteiger partial charge on any atom is 0.417 e. The molecule has 0 amide bonds. The van der Waals surface area contributed by atoms with Gasteiger partial charge in [-0.1, -0.05) is 11.6 Å². The highest BCUT2D eigenvalue weighted by atomic mass is 35.5. The van der Waals surface area contributed by atoms with Crippen LogP contribution in [0.5, 0.6) is 0 Å². The van der Waals surface area contributed by atoms with Gasteiger partial charge in [0, 0.05) is 0 Å². The SMILES string of the molecule is O=Nc1ccc(Cl)c(C(F)(F)F)c1. The van der Waals surface area contributed by atoms with E-state index >= 15 is 0 Å².